The van der Waals surface area contributed by atoms with Gasteiger partial charge in [0.2, 0.25) is 0 Å². The van der Waals surface area contributed by atoms with Crippen molar-refractivity contribution in [2.75, 3.05) is 12.3 Å². The predicted molar refractivity (Wildman–Crippen MR) is 78.0 cm³/mol. The first-order valence-corrected chi connectivity index (χ1v) is 7.96. The van der Waals surface area contributed by atoms with Gasteiger partial charge >= 0.3 is 0 Å². The minimum absolute atomic E-state index is 0.275. The van der Waals surface area contributed by atoms with Gasteiger partial charge in [-0.1, -0.05) is 12.8 Å². The summed E-state index contributed by atoms with van der Waals surface area (Å²) in [5.41, 5.74) is 7.13. The summed E-state index contributed by atoms with van der Waals surface area (Å²) in [6, 6.07) is 0. The SMILES string of the molecule is Nc1nc(CC2CCCO2)nc(C2CCCC2)c1Br. The topological polar surface area (TPSA) is 61.0 Å². The van der Waals surface area contributed by atoms with Gasteiger partial charge in [-0.3, -0.25) is 0 Å². The van der Waals surface area contributed by atoms with E-state index in [1.54, 1.807) is 0 Å². The number of aromatic nitrogens is 2. The number of hydrogen-bond acceptors (Lipinski definition) is 4. The highest BCUT2D eigenvalue weighted by Crippen LogP contribution is 2.38. The first kappa shape index (κ1) is 13.3. The Morgan fingerprint density at radius 1 is 1.16 bits per heavy atom. The van der Waals surface area contributed by atoms with E-state index in [9.17, 15) is 0 Å². The summed E-state index contributed by atoms with van der Waals surface area (Å²) in [5, 5.41) is 0. The van der Waals surface area contributed by atoms with E-state index in [1.165, 1.54) is 25.7 Å². The van der Waals surface area contributed by atoms with Crippen molar-refractivity contribution >= 4 is 21.7 Å². The molecule has 0 spiro atoms. The molecule has 1 aromatic rings. The summed E-state index contributed by atoms with van der Waals surface area (Å²) in [7, 11) is 0. The fourth-order valence-corrected chi connectivity index (χ4v) is 3.60. The Morgan fingerprint density at radius 3 is 2.63 bits per heavy atom. The number of hydrogen-bond donors (Lipinski definition) is 1. The summed E-state index contributed by atoms with van der Waals surface area (Å²) < 4.78 is 6.56. The van der Waals surface area contributed by atoms with E-state index in [0.29, 0.717) is 11.7 Å². The molecule has 2 aliphatic rings. The van der Waals surface area contributed by atoms with Crippen molar-refractivity contribution in [2.24, 2.45) is 0 Å². The Balaban J connectivity index is 1.83. The number of nitrogen functional groups attached to an aromatic ring is 1. The highest BCUT2D eigenvalue weighted by atomic mass is 79.9. The van der Waals surface area contributed by atoms with Crippen molar-refractivity contribution in [1.29, 1.82) is 0 Å². The number of anilines is 1. The molecule has 3 rings (SSSR count). The van der Waals surface area contributed by atoms with Crippen LogP contribution in [0.2, 0.25) is 0 Å². The molecule has 2 heterocycles. The lowest BCUT2D eigenvalue weighted by molar-refractivity contribution is 0.110. The second kappa shape index (κ2) is 5.75. The van der Waals surface area contributed by atoms with Gasteiger partial charge in [0.05, 0.1) is 16.3 Å². The Morgan fingerprint density at radius 2 is 1.95 bits per heavy atom. The van der Waals surface area contributed by atoms with Gasteiger partial charge in [-0.05, 0) is 41.6 Å². The van der Waals surface area contributed by atoms with Gasteiger partial charge in [-0.2, -0.15) is 0 Å². The molecule has 4 nitrogen and oxygen atoms in total. The molecule has 1 aliphatic carbocycles. The summed E-state index contributed by atoms with van der Waals surface area (Å²) in [5.74, 6) is 1.96. The molecule has 0 amide bonds. The quantitative estimate of drug-likeness (QED) is 0.927. The Hall–Kier alpha value is -0.680. The fourth-order valence-electron chi connectivity index (χ4n) is 3.10. The van der Waals surface area contributed by atoms with E-state index >= 15 is 0 Å². The van der Waals surface area contributed by atoms with Crippen LogP contribution in [0.4, 0.5) is 5.82 Å². The zero-order valence-corrected chi connectivity index (χ0v) is 12.7. The van der Waals surface area contributed by atoms with Crippen molar-refractivity contribution < 1.29 is 4.74 Å². The number of rotatable bonds is 3. The molecule has 1 unspecified atom stereocenters. The van der Waals surface area contributed by atoms with Crippen molar-refractivity contribution in [3.63, 3.8) is 0 Å². The molecule has 1 saturated carbocycles. The van der Waals surface area contributed by atoms with Gasteiger partial charge in [0, 0.05) is 18.9 Å². The molecule has 104 valence electrons. The van der Waals surface area contributed by atoms with E-state index in [4.69, 9.17) is 15.5 Å². The van der Waals surface area contributed by atoms with Gasteiger partial charge in [-0.25, -0.2) is 9.97 Å². The molecule has 2 fully saturated rings. The smallest absolute Gasteiger partial charge is 0.141 e. The lowest BCUT2D eigenvalue weighted by Gasteiger charge is -2.15. The summed E-state index contributed by atoms with van der Waals surface area (Å²) in [6.45, 7) is 0.867. The molecular weight excluding hydrogens is 306 g/mol. The average Bonchev–Trinajstić information content (AvgIpc) is 3.06. The molecular formula is C14H20BrN3O. The standard InChI is InChI=1S/C14H20BrN3O/c15-12-13(9-4-1-2-5-9)17-11(18-14(12)16)8-10-6-3-7-19-10/h9-10H,1-8H2,(H2,16,17,18). The van der Waals surface area contributed by atoms with Crippen molar-refractivity contribution in [3.8, 4) is 0 Å². The van der Waals surface area contributed by atoms with Gasteiger partial charge in [0.1, 0.15) is 11.6 Å². The Labute approximate surface area is 122 Å². The predicted octanol–water partition coefficient (Wildman–Crippen LogP) is 3.20. The minimum atomic E-state index is 0.275. The van der Waals surface area contributed by atoms with E-state index < -0.39 is 0 Å². The normalized spacial score (nSPS) is 24.2. The van der Waals surface area contributed by atoms with E-state index in [0.717, 1.165) is 41.9 Å². The van der Waals surface area contributed by atoms with Crippen molar-refractivity contribution in [2.45, 2.75) is 57.0 Å². The zero-order chi connectivity index (χ0) is 13.2. The largest absolute Gasteiger partial charge is 0.383 e. The second-order valence-corrected chi connectivity index (χ2v) is 6.34. The lowest BCUT2D eigenvalue weighted by atomic mass is 10.0. The molecule has 0 radical (unpaired) electrons. The van der Waals surface area contributed by atoms with E-state index in [1.807, 2.05) is 0 Å². The van der Waals surface area contributed by atoms with Crippen LogP contribution in [-0.2, 0) is 11.2 Å². The highest BCUT2D eigenvalue weighted by molar-refractivity contribution is 9.10. The Bertz CT molecular complexity index is 454. The number of nitrogens with zero attached hydrogens (tertiary/aromatic N) is 2. The van der Waals surface area contributed by atoms with Crippen LogP contribution < -0.4 is 5.73 Å². The third-order valence-corrected chi connectivity index (χ3v) is 4.94. The van der Waals surface area contributed by atoms with Crippen molar-refractivity contribution in [3.05, 3.63) is 16.0 Å². The summed E-state index contributed by atoms with van der Waals surface area (Å²) in [4.78, 5) is 9.17. The monoisotopic (exact) mass is 325 g/mol. The van der Waals surface area contributed by atoms with Crippen LogP contribution in [0.1, 0.15) is 56.0 Å². The molecule has 1 aromatic heterocycles. The minimum Gasteiger partial charge on any atom is -0.383 e. The number of nitrogens with two attached hydrogens (primary N) is 1. The second-order valence-electron chi connectivity index (χ2n) is 5.54. The van der Waals surface area contributed by atoms with Crippen LogP contribution in [0, 0.1) is 0 Å². The van der Waals surface area contributed by atoms with Crippen LogP contribution in [0.3, 0.4) is 0 Å². The molecule has 0 bridgehead atoms. The third kappa shape index (κ3) is 2.92. The van der Waals surface area contributed by atoms with Gasteiger partial charge in [0.15, 0.2) is 0 Å². The third-order valence-electron chi connectivity index (χ3n) is 4.12. The zero-order valence-electron chi connectivity index (χ0n) is 11.1. The molecule has 2 N–H and O–H groups in total. The van der Waals surface area contributed by atoms with Gasteiger partial charge in [0.25, 0.3) is 0 Å². The van der Waals surface area contributed by atoms with E-state index in [2.05, 4.69) is 20.9 Å². The molecule has 1 atom stereocenters. The van der Waals surface area contributed by atoms with Crippen molar-refractivity contribution in [1.82, 2.24) is 9.97 Å². The first-order valence-electron chi connectivity index (χ1n) is 7.17. The highest BCUT2D eigenvalue weighted by Gasteiger charge is 2.24. The molecule has 0 aromatic carbocycles. The summed E-state index contributed by atoms with van der Waals surface area (Å²) in [6.07, 6.45) is 8.34. The number of halogens is 1. The van der Waals surface area contributed by atoms with Crippen LogP contribution in [0.15, 0.2) is 4.47 Å². The lowest BCUT2D eigenvalue weighted by Crippen LogP contribution is -2.15. The van der Waals surface area contributed by atoms with Crippen LogP contribution >= 0.6 is 15.9 Å². The maximum absolute atomic E-state index is 6.02. The van der Waals surface area contributed by atoms with Gasteiger partial charge in [-0.15, -0.1) is 0 Å². The summed E-state index contributed by atoms with van der Waals surface area (Å²) >= 11 is 3.56. The maximum atomic E-state index is 6.02. The molecule has 1 aliphatic heterocycles. The van der Waals surface area contributed by atoms with Crippen LogP contribution in [0.5, 0.6) is 0 Å². The van der Waals surface area contributed by atoms with Crippen LogP contribution in [-0.4, -0.2) is 22.7 Å². The molecule has 5 heteroatoms. The number of ether oxygens (including phenoxy) is 1. The molecule has 1 saturated heterocycles. The average molecular weight is 326 g/mol. The molecule has 19 heavy (non-hydrogen) atoms. The first-order chi connectivity index (χ1) is 9.24. The van der Waals surface area contributed by atoms with Gasteiger partial charge < -0.3 is 10.5 Å². The van der Waals surface area contributed by atoms with Crippen LogP contribution in [0.25, 0.3) is 0 Å². The maximum Gasteiger partial charge on any atom is 0.141 e. The fraction of sp³-hybridized carbons (Fsp3) is 0.714. The van der Waals surface area contributed by atoms with E-state index in [-0.39, 0.29) is 6.10 Å². The Kier molecular flexibility index (Phi) is 4.03.